The number of ether oxygens (including phenoxy) is 5. The first kappa shape index (κ1) is 46.3. The lowest BCUT2D eigenvalue weighted by Crippen LogP contribution is -2.63. The number of halogens is 3. The number of carbonyl (C=O) groups is 1. The molecule has 2 aromatic carbocycles. The van der Waals surface area contributed by atoms with Gasteiger partial charge in [0.2, 0.25) is 5.88 Å². The van der Waals surface area contributed by atoms with Gasteiger partial charge < -0.3 is 28.6 Å². The second-order valence-electron chi connectivity index (χ2n) is 20.9. The van der Waals surface area contributed by atoms with Crippen molar-refractivity contribution in [3.63, 3.8) is 0 Å². The van der Waals surface area contributed by atoms with E-state index in [4.69, 9.17) is 38.6 Å². The highest BCUT2D eigenvalue weighted by Gasteiger charge is 2.53. The fourth-order valence-corrected chi connectivity index (χ4v) is 17.3. The third-order valence-corrected chi connectivity index (χ3v) is 21.2. The van der Waals surface area contributed by atoms with Crippen molar-refractivity contribution >= 4 is 41.7 Å². The molecule has 7 heterocycles. The van der Waals surface area contributed by atoms with Crippen molar-refractivity contribution < 1.29 is 41.7 Å². The fourth-order valence-electron chi connectivity index (χ4n) is 12.1. The predicted octanol–water partition coefficient (Wildman–Crippen LogP) is 9.98. The molecule has 66 heavy (non-hydrogen) atoms. The summed E-state index contributed by atoms with van der Waals surface area (Å²) < 4.78 is 79.9. The molecule has 9 rings (SSSR count). The number of alkyl halides is 1. The van der Waals surface area contributed by atoms with Gasteiger partial charge in [-0.1, -0.05) is 53.5 Å². The van der Waals surface area contributed by atoms with Crippen molar-refractivity contribution in [3.05, 3.63) is 41.5 Å². The molecule has 4 saturated heterocycles. The van der Waals surface area contributed by atoms with E-state index in [1.807, 2.05) is 25.7 Å². The van der Waals surface area contributed by atoms with Crippen LogP contribution in [0.15, 0.2) is 24.3 Å². The summed E-state index contributed by atoms with van der Waals surface area (Å²) in [6.45, 7) is 20.3. The van der Waals surface area contributed by atoms with Crippen LogP contribution >= 0.6 is 0 Å². The minimum absolute atomic E-state index is 0.0670. The molecule has 5 aliphatic rings. The standard InChI is InChI=1S/C50H63F3N6O6Si/c1-28(2)66(29(3)4,30(5)6)19-16-35-37(52)14-12-31-20-34(64-27-61-10)21-36(40(31)35)43-42(53)44-41-45(56-47(55-44)63-26-50-17-11-18-57(50)23-32(51)22-50)58-24-33-13-15-38(39(58)25-62-46(41)54-43)59(33)48(60)65-49(7,8)9/h12,14,20-21,28-30,32-33,38-39H,11,13,15,17-18,22-27H2,1-10H3/t32-,33+,38-,39+,50+/m0/s1. The molecule has 5 aliphatic heterocycles. The van der Waals surface area contributed by atoms with Gasteiger partial charge in [0.25, 0.3) is 0 Å². The lowest BCUT2D eigenvalue weighted by atomic mass is 9.95. The van der Waals surface area contributed by atoms with E-state index >= 15 is 8.78 Å². The molecule has 16 heteroatoms. The lowest BCUT2D eigenvalue weighted by molar-refractivity contribution is 0.00537. The minimum Gasteiger partial charge on any atom is -0.475 e. The molecule has 0 N–H and O–H groups in total. The molecular formula is C50H63F3N6O6Si. The van der Waals surface area contributed by atoms with Crippen molar-refractivity contribution in [2.24, 2.45) is 0 Å². The Morgan fingerprint density at radius 2 is 1.74 bits per heavy atom. The van der Waals surface area contributed by atoms with Crippen molar-refractivity contribution in [1.82, 2.24) is 24.8 Å². The number of hydrogen-bond donors (Lipinski definition) is 0. The zero-order valence-electron chi connectivity index (χ0n) is 39.9. The second kappa shape index (κ2) is 17.3. The van der Waals surface area contributed by atoms with Gasteiger partial charge in [-0.3, -0.25) is 9.80 Å². The number of anilines is 1. The molecule has 12 nitrogen and oxygen atoms in total. The average Bonchev–Trinajstić information content (AvgIpc) is 3.86. The molecular weight excluding hydrogens is 866 g/mol. The van der Waals surface area contributed by atoms with Crippen LogP contribution in [-0.4, -0.2) is 121 Å². The maximum Gasteiger partial charge on any atom is 0.410 e. The van der Waals surface area contributed by atoms with Crippen LogP contribution in [0, 0.1) is 23.1 Å². The second-order valence-corrected chi connectivity index (χ2v) is 26.5. The maximum absolute atomic E-state index is 18.1. The first-order chi connectivity index (χ1) is 31.4. The smallest absolute Gasteiger partial charge is 0.410 e. The van der Waals surface area contributed by atoms with E-state index in [-0.39, 0.29) is 88.3 Å². The van der Waals surface area contributed by atoms with Gasteiger partial charge in [0, 0.05) is 37.6 Å². The number of carbonyl (C=O) groups excluding carboxylic acids is 1. The summed E-state index contributed by atoms with van der Waals surface area (Å²) in [5.74, 6) is 2.81. The summed E-state index contributed by atoms with van der Waals surface area (Å²) in [5, 5.41) is 1.19. The zero-order valence-corrected chi connectivity index (χ0v) is 40.9. The highest BCUT2D eigenvalue weighted by atomic mass is 28.3. The van der Waals surface area contributed by atoms with E-state index in [1.54, 1.807) is 18.2 Å². The number of benzene rings is 2. The van der Waals surface area contributed by atoms with Crippen LogP contribution in [0.4, 0.5) is 23.8 Å². The zero-order chi connectivity index (χ0) is 47.0. The van der Waals surface area contributed by atoms with Crippen molar-refractivity contribution in [3.8, 4) is 40.4 Å². The van der Waals surface area contributed by atoms with E-state index in [0.29, 0.717) is 48.3 Å². The Balaban J connectivity index is 1.25. The number of hydrogen-bond acceptors (Lipinski definition) is 11. The van der Waals surface area contributed by atoms with Crippen molar-refractivity contribution in [2.75, 3.05) is 51.7 Å². The fraction of sp³-hybridized carbons (Fsp3) is 0.600. The SMILES string of the molecule is COCOc1cc(-c2nc3c4c(nc(OC[C@]56CCCN5C[C@@H](F)C6)nc4c2F)N2C[C@H]4CC[C@@H]([C@H]2CO3)N4C(=O)OC(C)(C)C)c2c(C#C[Si](C(C)C)(C(C)C)C(C)C)c(F)ccc2c1. The number of methoxy groups -OCH3 is 1. The molecule has 1 amide bonds. The number of pyridine rings is 1. The molecule has 5 atom stereocenters. The van der Waals surface area contributed by atoms with Gasteiger partial charge in [0.05, 0.1) is 29.2 Å². The summed E-state index contributed by atoms with van der Waals surface area (Å²) in [7, 11) is -0.860. The Hall–Kier alpha value is -4.85. The monoisotopic (exact) mass is 928 g/mol. The third-order valence-electron chi connectivity index (χ3n) is 14.9. The normalized spacial score (nSPS) is 23.9. The first-order valence-corrected chi connectivity index (χ1v) is 25.8. The largest absolute Gasteiger partial charge is 0.475 e. The maximum atomic E-state index is 18.1. The van der Waals surface area contributed by atoms with Gasteiger partial charge in [0.15, 0.2) is 12.6 Å². The summed E-state index contributed by atoms with van der Waals surface area (Å²) in [6.07, 6.45) is 2.07. The molecule has 0 aliphatic carbocycles. The van der Waals surface area contributed by atoms with Gasteiger partial charge in [-0.05, 0) is 93.2 Å². The molecule has 2 bridgehead atoms. The molecule has 0 unspecified atom stereocenters. The van der Waals surface area contributed by atoms with Crippen LogP contribution in [0.2, 0.25) is 16.6 Å². The Kier molecular flexibility index (Phi) is 12.2. The van der Waals surface area contributed by atoms with Gasteiger partial charge in [-0.15, -0.1) is 5.54 Å². The van der Waals surface area contributed by atoms with E-state index in [1.165, 1.54) is 13.2 Å². The number of aromatic nitrogens is 3. The molecule has 354 valence electrons. The third kappa shape index (κ3) is 7.90. The van der Waals surface area contributed by atoms with Crippen LogP contribution in [0.3, 0.4) is 0 Å². The summed E-state index contributed by atoms with van der Waals surface area (Å²) in [5.41, 5.74) is 3.43. The number of rotatable bonds is 10. The predicted molar refractivity (Wildman–Crippen MR) is 251 cm³/mol. The Morgan fingerprint density at radius 1 is 0.985 bits per heavy atom. The summed E-state index contributed by atoms with van der Waals surface area (Å²) in [4.78, 5) is 34.6. The molecule has 0 saturated carbocycles. The van der Waals surface area contributed by atoms with Gasteiger partial charge in [0.1, 0.15) is 67.0 Å². The van der Waals surface area contributed by atoms with Gasteiger partial charge in [-0.2, -0.15) is 9.97 Å². The van der Waals surface area contributed by atoms with Gasteiger partial charge in [-0.25, -0.2) is 22.9 Å². The molecule has 4 fully saturated rings. The molecule has 2 aromatic heterocycles. The average molecular weight is 929 g/mol. The molecule has 0 spiro atoms. The van der Waals surface area contributed by atoms with Crippen molar-refractivity contribution in [2.45, 2.75) is 146 Å². The Bertz CT molecular complexity index is 2590. The van der Waals surface area contributed by atoms with E-state index in [2.05, 4.69) is 62.8 Å². The first-order valence-electron chi connectivity index (χ1n) is 23.6. The number of nitrogens with zero attached hydrogens (tertiary/aromatic N) is 6. The summed E-state index contributed by atoms with van der Waals surface area (Å²) in [6, 6.07) is 5.41. The van der Waals surface area contributed by atoms with Crippen LogP contribution in [-0.2, 0) is 9.47 Å². The van der Waals surface area contributed by atoms with Crippen LogP contribution in [0.25, 0.3) is 32.9 Å². The molecule has 4 aromatic rings. The molecule has 0 radical (unpaired) electrons. The Morgan fingerprint density at radius 3 is 2.45 bits per heavy atom. The number of amides is 1. The highest BCUT2D eigenvalue weighted by Crippen LogP contribution is 2.48. The highest BCUT2D eigenvalue weighted by molar-refractivity contribution is 6.90. The van der Waals surface area contributed by atoms with E-state index in [0.717, 1.165) is 25.8 Å². The summed E-state index contributed by atoms with van der Waals surface area (Å²) >= 11 is 0. The number of piperazine rings is 1. The Labute approximate surface area is 386 Å². The topological polar surface area (TPSA) is 112 Å². The minimum atomic E-state index is -2.36. The van der Waals surface area contributed by atoms with E-state index < -0.39 is 49.2 Å². The van der Waals surface area contributed by atoms with Crippen LogP contribution < -0.4 is 19.1 Å². The van der Waals surface area contributed by atoms with Crippen LogP contribution in [0.1, 0.15) is 100.0 Å². The number of fused-ring (bicyclic) bond motifs is 7. The van der Waals surface area contributed by atoms with Crippen LogP contribution in [0.5, 0.6) is 17.6 Å². The quantitative estimate of drug-likeness (QED) is 0.0861. The van der Waals surface area contributed by atoms with E-state index in [9.17, 15) is 9.18 Å². The lowest BCUT2D eigenvalue weighted by Gasteiger charge is -2.46. The van der Waals surface area contributed by atoms with Gasteiger partial charge >= 0.3 is 12.1 Å². The van der Waals surface area contributed by atoms with Crippen molar-refractivity contribution in [1.29, 1.82) is 0 Å².